The second kappa shape index (κ2) is 10.5. The van der Waals surface area contributed by atoms with E-state index in [1.54, 1.807) is 25.4 Å². The molecule has 3 rings (SSSR count). The molecule has 1 aromatic heterocycles. The fourth-order valence-electron chi connectivity index (χ4n) is 3.02. The Hall–Kier alpha value is -2.71. The standard InChI is InChI=1S/C22H25ClN4O3S/c1-5-26(12-16-7-9-19(29-3)20(10-16)30-4)21(28)13-31-22-25-24-14-27(22)17-8-6-15(2)18(23)11-17/h6-11,14H,5,12-13H2,1-4H3. The third-order valence-electron chi connectivity index (χ3n) is 4.83. The number of aryl methyl sites for hydroxylation is 1. The first-order chi connectivity index (χ1) is 15.0. The van der Waals surface area contributed by atoms with Gasteiger partial charge in [0, 0.05) is 18.1 Å². The van der Waals surface area contributed by atoms with Crippen molar-refractivity contribution in [1.82, 2.24) is 19.7 Å². The van der Waals surface area contributed by atoms with Crippen LogP contribution in [0.1, 0.15) is 18.1 Å². The zero-order valence-corrected chi connectivity index (χ0v) is 19.5. The lowest BCUT2D eigenvalue weighted by Gasteiger charge is -2.21. The van der Waals surface area contributed by atoms with Gasteiger partial charge in [-0.3, -0.25) is 9.36 Å². The van der Waals surface area contributed by atoms with Crippen LogP contribution in [0.3, 0.4) is 0 Å². The second-order valence-electron chi connectivity index (χ2n) is 6.80. The molecular weight excluding hydrogens is 436 g/mol. The lowest BCUT2D eigenvalue weighted by molar-refractivity contribution is -0.128. The molecule has 0 saturated heterocycles. The Kier molecular flexibility index (Phi) is 7.81. The van der Waals surface area contributed by atoms with Gasteiger partial charge in [-0.2, -0.15) is 0 Å². The summed E-state index contributed by atoms with van der Waals surface area (Å²) >= 11 is 7.60. The number of carbonyl (C=O) groups is 1. The van der Waals surface area contributed by atoms with E-state index in [0.29, 0.717) is 34.8 Å². The minimum atomic E-state index is 0.0128. The molecule has 7 nitrogen and oxygen atoms in total. The van der Waals surface area contributed by atoms with Gasteiger partial charge in [-0.1, -0.05) is 35.5 Å². The number of carbonyl (C=O) groups excluding carboxylic acids is 1. The molecule has 0 aliphatic rings. The number of hydrogen-bond acceptors (Lipinski definition) is 6. The highest BCUT2D eigenvalue weighted by Gasteiger charge is 2.16. The van der Waals surface area contributed by atoms with Gasteiger partial charge in [-0.25, -0.2) is 0 Å². The van der Waals surface area contributed by atoms with Crippen molar-refractivity contribution in [3.05, 3.63) is 58.9 Å². The minimum Gasteiger partial charge on any atom is -0.493 e. The molecule has 0 unspecified atom stereocenters. The van der Waals surface area contributed by atoms with Gasteiger partial charge in [0.15, 0.2) is 16.7 Å². The highest BCUT2D eigenvalue weighted by Crippen LogP contribution is 2.28. The van der Waals surface area contributed by atoms with Crippen LogP contribution in [0.2, 0.25) is 5.02 Å². The van der Waals surface area contributed by atoms with Gasteiger partial charge in [0.25, 0.3) is 0 Å². The van der Waals surface area contributed by atoms with Crippen molar-refractivity contribution in [3.63, 3.8) is 0 Å². The van der Waals surface area contributed by atoms with E-state index in [0.717, 1.165) is 16.8 Å². The maximum Gasteiger partial charge on any atom is 0.233 e. The van der Waals surface area contributed by atoms with Gasteiger partial charge in [0.05, 0.1) is 25.7 Å². The van der Waals surface area contributed by atoms with E-state index in [9.17, 15) is 4.79 Å². The van der Waals surface area contributed by atoms with Crippen LogP contribution < -0.4 is 9.47 Å². The van der Waals surface area contributed by atoms with Crippen LogP contribution in [-0.4, -0.2) is 52.1 Å². The quantitative estimate of drug-likeness (QED) is 0.441. The molecule has 1 heterocycles. The average molecular weight is 461 g/mol. The molecule has 0 fully saturated rings. The first-order valence-corrected chi connectivity index (χ1v) is 11.1. The first-order valence-electron chi connectivity index (χ1n) is 9.74. The number of methoxy groups -OCH3 is 2. The number of hydrogen-bond donors (Lipinski definition) is 0. The Morgan fingerprint density at radius 1 is 1.16 bits per heavy atom. The van der Waals surface area contributed by atoms with Crippen molar-refractivity contribution >= 4 is 29.3 Å². The summed E-state index contributed by atoms with van der Waals surface area (Å²) in [6.07, 6.45) is 1.62. The predicted octanol–water partition coefficient (Wildman–Crippen LogP) is 4.39. The molecular formula is C22H25ClN4O3S. The van der Waals surface area contributed by atoms with Crippen LogP contribution >= 0.6 is 23.4 Å². The Morgan fingerprint density at radius 3 is 2.61 bits per heavy atom. The maximum absolute atomic E-state index is 12.9. The second-order valence-corrected chi connectivity index (χ2v) is 8.15. The number of halogens is 1. The van der Waals surface area contributed by atoms with Crippen LogP contribution in [0, 0.1) is 6.92 Å². The van der Waals surface area contributed by atoms with E-state index in [1.807, 2.05) is 54.8 Å². The Balaban J connectivity index is 1.67. The fraction of sp³-hybridized carbons (Fsp3) is 0.318. The van der Waals surface area contributed by atoms with Crippen molar-refractivity contribution in [2.24, 2.45) is 0 Å². The first kappa shape index (κ1) is 23.0. The van der Waals surface area contributed by atoms with Crippen molar-refractivity contribution in [2.45, 2.75) is 25.5 Å². The van der Waals surface area contributed by atoms with Crippen LogP contribution in [-0.2, 0) is 11.3 Å². The largest absolute Gasteiger partial charge is 0.493 e. The monoisotopic (exact) mass is 460 g/mol. The fourth-order valence-corrected chi connectivity index (χ4v) is 4.03. The summed E-state index contributed by atoms with van der Waals surface area (Å²) < 4.78 is 12.5. The molecule has 0 aliphatic carbocycles. The number of thioether (sulfide) groups is 1. The van der Waals surface area contributed by atoms with Crippen molar-refractivity contribution < 1.29 is 14.3 Å². The molecule has 164 valence electrons. The Bertz CT molecular complexity index is 1060. The molecule has 31 heavy (non-hydrogen) atoms. The number of benzene rings is 2. The van der Waals surface area contributed by atoms with Crippen LogP contribution in [0.5, 0.6) is 11.5 Å². The van der Waals surface area contributed by atoms with Crippen LogP contribution in [0.15, 0.2) is 47.9 Å². The zero-order chi connectivity index (χ0) is 22.4. The predicted molar refractivity (Wildman–Crippen MR) is 122 cm³/mol. The summed E-state index contributed by atoms with van der Waals surface area (Å²) in [5.41, 5.74) is 2.82. The lowest BCUT2D eigenvalue weighted by atomic mass is 10.2. The smallest absolute Gasteiger partial charge is 0.233 e. The summed E-state index contributed by atoms with van der Waals surface area (Å²) in [5, 5.41) is 9.46. The number of nitrogens with zero attached hydrogens (tertiary/aromatic N) is 4. The van der Waals surface area contributed by atoms with Crippen LogP contribution in [0.4, 0.5) is 0 Å². The molecule has 0 atom stereocenters. The summed E-state index contributed by atoms with van der Waals surface area (Å²) in [6, 6.07) is 11.4. The van der Waals surface area contributed by atoms with E-state index >= 15 is 0 Å². The molecule has 0 aliphatic heterocycles. The SMILES string of the molecule is CCN(Cc1ccc(OC)c(OC)c1)C(=O)CSc1nncn1-c1ccc(C)c(Cl)c1. The van der Waals surface area contributed by atoms with E-state index in [2.05, 4.69) is 10.2 Å². The Labute approximate surface area is 191 Å². The van der Waals surface area contributed by atoms with E-state index in [-0.39, 0.29) is 11.7 Å². The normalized spacial score (nSPS) is 10.7. The topological polar surface area (TPSA) is 69.5 Å². The van der Waals surface area contributed by atoms with Crippen molar-refractivity contribution in [2.75, 3.05) is 26.5 Å². The van der Waals surface area contributed by atoms with Gasteiger partial charge in [0.1, 0.15) is 6.33 Å². The summed E-state index contributed by atoms with van der Waals surface area (Å²) in [4.78, 5) is 14.7. The molecule has 2 aromatic carbocycles. The van der Waals surface area contributed by atoms with Crippen LogP contribution in [0.25, 0.3) is 5.69 Å². The highest BCUT2D eigenvalue weighted by atomic mass is 35.5. The molecule has 0 saturated carbocycles. The lowest BCUT2D eigenvalue weighted by Crippen LogP contribution is -2.31. The number of rotatable bonds is 9. The number of aromatic nitrogens is 3. The summed E-state index contributed by atoms with van der Waals surface area (Å²) in [6.45, 7) is 4.98. The molecule has 0 bridgehead atoms. The molecule has 9 heteroatoms. The average Bonchev–Trinajstić information content (AvgIpc) is 3.26. The van der Waals surface area contributed by atoms with Crippen molar-refractivity contribution in [3.8, 4) is 17.2 Å². The van der Waals surface area contributed by atoms with Crippen molar-refractivity contribution in [1.29, 1.82) is 0 Å². The molecule has 0 N–H and O–H groups in total. The zero-order valence-electron chi connectivity index (χ0n) is 18.0. The molecule has 0 radical (unpaired) electrons. The van der Waals surface area contributed by atoms with Gasteiger partial charge in [-0.15, -0.1) is 10.2 Å². The number of ether oxygens (including phenoxy) is 2. The van der Waals surface area contributed by atoms with Gasteiger partial charge in [0.2, 0.25) is 5.91 Å². The van der Waals surface area contributed by atoms with Gasteiger partial charge in [-0.05, 0) is 49.2 Å². The third kappa shape index (κ3) is 5.51. The van der Waals surface area contributed by atoms with E-state index < -0.39 is 0 Å². The highest BCUT2D eigenvalue weighted by molar-refractivity contribution is 7.99. The van der Waals surface area contributed by atoms with E-state index in [4.69, 9.17) is 21.1 Å². The maximum atomic E-state index is 12.9. The Morgan fingerprint density at radius 2 is 1.94 bits per heavy atom. The third-order valence-corrected chi connectivity index (χ3v) is 6.17. The molecule has 0 spiro atoms. The molecule has 3 aromatic rings. The number of amides is 1. The van der Waals surface area contributed by atoms with E-state index in [1.165, 1.54) is 11.8 Å². The minimum absolute atomic E-state index is 0.0128. The summed E-state index contributed by atoms with van der Waals surface area (Å²) in [7, 11) is 3.19. The van der Waals surface area contributed by atoms with Gasteiger partial charge < -0.3 is 14.4 Å². The summed E-state index contributed by atoms with van der Waals surface area (Å²) in [5.74, 6) is 1.56. The van der Waals surface area contributed by atoms with Gasteiger partial charge >= 0.3 is 0 Å². The molecule has 1 amide bonds.